The minimum Gasteiger partial charge on any atom is -0.303 e. The molecule has 0 aromatic heterocycles. The highest BCUT2D eigenvalue weighted by molar-refractivity contribution is 5.58. The Bertz CT molecular complexity index is 94.2. The second-order valence-corrected chi connectivity index (χ2v) is 1.71. The predicted molar refractivity (Wildman–Crippen MR) is 32.4 cm³/mol. The third-order valence-corrected chi connectivity index (χ3v) is 0.468. The molecule has 2 N–H and O–H groups in total. The lowest BCUT2D eigenvalue weighted by Gasteiger charge is -1.85. The molecule has 4 heteroatoms. The van der Waals surface area contributed by atoms with Crippen LogP contribution >= 0.6 is 0 Å². The van der Waals surface area contributed by atoms with E-state index in [1.54, 1.807) is 6.21 Å². The fourth-order valence-electron chi connectivity index (χ4n) is 0.193. The van der Waals surface area contributed by atoms with Crippen molar-refractivity contribution in [1.29, 1.82) is 0 Å². The Kier molecular flexibility index (Phi) is 3.74. The minimum absolute atomic E-state index is 0.403. The monoisotopic (exact) mass is 114 g/mol. The average molecular weight is 114 g/mol. The van der Waals surface area contributed by atoms with E-state index in [1.807, 2.05) is 13.8 Å². The van der Waals surface area contributed by atoms with E-state index in [0.29, 0.717) is 5.92 Å². The first-order valence-corrected chi connectivity index (χ1v) is 2.40. The molecule has 0 aliphatic heterocycles. The Morgan fingerprint density at radius 1 is 1.50 bits per heavy atom. The zero-order valence-corrected chi connectivity index (χ0v) is 5.07. The molecule has 0 aromatic carbocycles. The van der Waals surface area contributed by atoms with Crippen LogP contribution in [0.2, 0.25) is 0 Å². The first-order chi connectivity index (χ1) is 3.77. The molecule has 0 fully saturated rings. The minimum atomic E-state index is 0.403. The van der Waals surface area contributed by atoms with E-state index in [2.05, 4.69) is 21.4 Å². The first kappa shape index (κ1) is 7.07. The van der Waals surface area contributed by atoms with E-state index in [4.69, 9.17) is 0 Å². The standard InChI is InChI=1S/C4H10N4/c1-4(2)3-6-8-7-5/h3-4H,1-2H3,(H2,5,8)/b6-3-. The van der Waals surface area contributed by atoms with Crippen molar-refractivity contribution in [2.75, 3.05) is 0 Å². The molecule has 0 atom stereocenters. The Morgan fingerprint density at radius 2 is 2.12 bits per heavy atom. The lowest BCUT2D eigenvalue weighted by molar-refractivity contribution is 0.880. The molecule has 0 saturated heterocycles. The van der Waals surface area contributed by atoms with Gasteiger partial charge in [0.25, 0.3) is 0 Å². The summed E-state index contributed by atoms with van der Waals surface area (Å²) in [6.07, 6.45) is 1.66. The van der Waals surface area contributed by atoms with Crippen molar-refractivity contribution in [3.05, 3.63) is 0 Å². The maximum Gasteiger partial charge on any atom is 0.0314 e. The predicted octanol–water partition coefficient (Wildman–Crippen LogP) is 0.954. The van der Waals surface area contributed by atoms with Crippen molar-refractivity contribution < 1.29 is 0 Å². The van der Waals surface area contributed by atoms with Crippen molar-refractivity contribution in [3.63, 3.8) is 0 Å². The molecule has 0 amide bonds. The van der Waals surface area contributed by atoms with Crippen LogP contribution < -0.4 is 5.84 Å². The molecule has 0 aliphatic rings. The highest BCUT2D eigenvalue weighted by Crippen LogP contribution is 1.84. The summed E-state index contributed by atoms with van der Waals surface area (Å²) in [4.78, 5) is 0. The maximum atomic E-state index is 4.66. The molecule has 0 unspecified atom stereocenters. The van der Waals surface area contributed by atoms with Gasteiger partial charge in [0.2, 0.25) is 0 Å². The average Bonchev–Trinajstić information content (AvgIpc) is 1.66. The number of nitrogens with zero attached hydrogens (tertiary/aromatic N) is 3. The summed E-state index contributed by atoms with van der Waals surface area (Å²) in [7, 11) is 0. The lowest BCUT2D eigenvalue weighted by atomic mass is 10.3. The van der Waals surface area contributed by atoms with Gasteiger partial charge in [0, 0.05) is 6.21 Å². The van der Waals surface area contributed by atoms with Gasteiger partial charge in [0.15, 0.2) is 0 Å². The van der Waals surface area contributed by atoms with Crippen LogP contribution in [-0.2, 0) is 0 Å². The molecule has 46 valence electrons. The van der Waals surface area contributed by atoms with E-state index in [9.17, 15) is 0 Å². The van der Waals surface area contributed by atoms with Crippen molar-refractivity contribution in [2.24, 2.45) is 27.3 Å². The number of rotatable bonds is 2. The van der Waals surface area contributed by atoms with Gasteiger partial charge < -0.3 is 5.84 Å². The Hall–Kier alpha value is -0.930. The van der Waals surface area contributed by atoms with Gasteiger partial charge in [-0.25, -0.2) is 0 Å². The SMILES string of the molecule is CC(C)/C=N\N=N/N. The largest absolute Gasteiger partial charge is 0.303 e. The highest BCUT2D eigenvalue weighted by atomic mass is 15.5. The van der Waals surface area contributed by atoms with E-state index >= 15 is 0 Å². The van der Waals surface area contributed by atoms with Gasteiger partial charge in [-0.3, -0.25) is 0 Å². The van der Waals surface area contributed by atoms with E-state index in [-0.39, 0.29) is 0 Å². The Labute approximate surface area is 48.5 Å². The second kappa shape index (κ2) is 4.23. The van der Waals surface area contributed by atoms with Gasteiger partial charge in [0.1, 0.15) is 0 Å². The van der Waals surface area contributed by atoms with Crippen LogP contribution in [0.15, 0.2) is 15.5 Å². The number of hydrogen-bond acceptors (Lipinski definition) is 2. The molecule has 0 bridgehead atoms. The first-order valence-electron chi connectivity index (χ1n) is 2.40. The van der Waals surface area contributed by atoms with Gasteiger partial charge in [-0.2, -0.15) is 0 Å². The van der Waals surface area contributed by atoms with E-state index < -0.39 is 0 Å². The van der Waals surface area contributed by atoms with Gasteiger partial charge in [-0.05, 0) is 11.1 Å². The van der Waals surface area contributed by atoms with Crippen molar-refractivity contribution in [3.8, 4) is 0 Å². The third-order valence-electron chi connectivity index (χ3n) is 0.468. The molecule has 0 radical (unpaired) electrons. The summed E-state index contributed by atoms with van der Waals surface area (Å²) in [5, 5.41) is 9.62. The lowest BCUT2D eigenvalue weighted by Crippen LogP contribution is -1.84. The highest BCUT2D eigenvalue weighted by Gasteiger charge is 1.80. The van der Waals surface area contributed by atoms with Crippen molar-refractivity contribution in [1.82, 2.24) is 0 Å². The fourth-order valence-corrected chi connectivity index (χ4v) is 0.193. The normalized spacial score (nSPS) is 12.4. The van der Waals surface area contributed by atoms with Gasteiger partial charge in [0.05, 0.1) is 0 Å². The van der Waals surface area contributed by atoms with Crippen LogP contribution in [0.4, 0.5) is 0 Å². The van der Waals surface area contributed by atoms with Crippen LogP contribution in [-0.4, -0.2) is 6.21 Å². The topological polar surface area (TPSA) is 63.1 Å². The molecule has 0 saturated carbocycles. The number of nitrogens with two attached hydrogens (primary N) is 1. The third kappa shape index (κ3) is 5.07. The smallest absolute Gasteiger partial charge is 0.0314 e. The quantitative estimate of drug-likeness (QED) is 0.247. The van der Waals surface area contributed by atoms with E-state index in [0.717, 1.165) is 0 Å². The summed E-state index contributed by atoms with van der Waals surface area (Å²) in [6, 6.07) is 0. The molecular weight excluding hydrogens is 104 g/mol. The van der Waals surface area contributed by atoms with Crippen molar-refractivity contribution in [2.45, 2.75) is 13.8 Å². The van der Waals surface area contributed by atoms with Crippen molar-refractivity contribution >= 4 is 6.21 Å². The van der Waals surface area contributed by atoms with Crippen LogP contribution in [0.3, 0.4) is 0 Å². The summed E-state index contributed by atoms with van der Waals surface area (Å²) in [5.74, 6) is 5.06. The molecular formula is C4H10N4. The van der Waals surface area contributed by atoms with Gasteiger partial charge in [-0.1, -0.05) is 19.1 Å². The summed E-state index contributed by atoms with van der Waals surface area (Å²) >= 11 is 0. The van der Waals surface area contributed by atoms with Gasteiger partial charge in [-0.15, -0.1) is 5.10 Å². The van der Waals surface area contributed by atoms with Crippen LogP contribution in [0.1, 0.15) is 13.8 Å². The zero-order chi connectivity index (χ0) is 6.41. The van der Waals surface area contributed by atoms with Crippen LogP contribution in [0.25, 0.3) is 0 Å². The molecule has 4 nitrogen and oxygen atoms in total. The van der Waals surface area contributed by atoms with Gasteiger partial charge >= 0.3 is 0 Å². The van der Waals surface area contributed by atoms with Crippen LogP contribution in [0, 0.1) is 5.92 Å². The Balaban J connectivity index is 3.34. The summed E-state index contributed by atoms with van der Waals surface area (Å²) < 4.78 is 0. The summed E-state index contributed by atoms with van der Waals surface area (Å²) in [5.41, 5.74) is 0. The summed E-state index contributed by atoms with van der Waals surface area (Å²) in [6.45, 7) is 3.99. The Morgan fingerprint density at radius 3 is 2.50 bits per heavy atom. The fraction of sp³-hybridized carbons (Fsp3) is 0.750. The molecule has 0 aromatic rings. The molecule has 8 heavy (non-hydrogen) atoms. The molecule has 0 aliphatic carbocycles. The second-order valence-electron chi connectivity index (χ2n) is 1.71. The maximum absolute atomic E-state index is 4.66. The molecule has 0 rings (SSSR count). The molecule has 0 heterocycles. The van der Waals surface area contributed by atoms with Crippen LogP contribution in [0.5, 0.6) is 0 Å². The number of hydrogen-bond donors (Lipinski definition) is 1. The zero-order valence-electron chi connectivity index (χ0n) is 5.07. The molecule has 0 spiro atoms. The van der Waals surface area contributed by atoms with E-state index in [1.165, 1.54) is 0 Å².